The number of aliphatic hydroxyl groups is 1. The Bertz CT molecular complexity index is 457. The van der Waals surface area contributed by atoms with Crippen LogP contribution >= 0.6 is 0 Å². The molecule has 1 aromatic rings. The normalized spacial score (nSPS) is 12.3. The summed E-state index contributed by atoms with van der Waals surface area (Å²) in [7, 11) is 0. The second-order valence-corrected chi connectivity index (χ2v) is 4.68. The van der Waals surface area contributed by atoms with Crippen molar-refractivity contribution in [1.29, 1.82) is 0 Å². The van der Waals surface area contributed by atoms with Gasteiger partial charge in [-0.1, -0.05) is 5.57 Å². The molecule has 0 aliphatic heterocycles. The van der Waals surface area contributed by atoms with E-state index in [9.17, 15) is 0 Å². The number of anilines is 1. The number of hydrogen-bond donors (Lipinski definition) is 2. The van der Waals surface area contributed by atoms with Crippen LogP contribution in [0.5, 0.6) is 0 Å². The maximum absolute atomic E-state index is 9.01. The SMILES string of the molecule is CCN(Cc1cnc(C)nc1N)/C(C)=C(\C)CCO. The lowest BCUT2D eigenvalue weighted by Crippen LogP contribution is -2.23. The summed E-state index contributed by atoms with van der Waals surface area (Å²) in [6.45, 7) is 9.79. The van der Waals surface area contributed by atoms with Gasteiger partial charge in [0.05, 0.1) is 0 Å². The van der Waals surface area contributed by atoms with Crippen molar-refractivity contribution in [1.82, 2.24) is 14.9 Å². The van der Waals surface area contributed by atoms with Crippen LogP contribution in [0.1, 0.15) is 38.6 Å². The van der Waals surface area contributed by atoms with Gasteiger partial charge in [0.2, 0.25) is 0 Å². The quantitative estimate of drug-likeness (QED) is 0.820. The molecule has 0 amide bonds. The van der Waals surface area contributed by atoms with Crippen molar-refractivity contribution in [3.05, 3.63) is 28.9 Å². The van der Waals surface area contributed by atoms with E-state index in [0.29, 0.717) is 24.6 Å². The monoisotopic (exact) mass is 264 g/mol. The van der Waals surface area contributed by atoms with Gasteiger partial charge in [0.25, 0.3) is 0 Å². The van der Waals surface area contributed by atoms with E-state index in [0.717, 1.165) is 12.1 Å². The zero-order valence-corrected chi connectivity index (χ0v) is 12.3. The van der Waals surface area contributed by atoms with Crippen LogP contribution in [-0.2, 0) is 6.54 Å². The minimum absolute atomic E-state index is 0.177. The second-order valence-electron chi connectivity index (χ2n) is 4.68. The molecular weight excluding hydrogens is 240 g/mol. The second kappa shape index (κ2) is 7.09. The van der Waals surface area contributed by atoms with E-state index >= 15 is 0 Å². The first-order chi connectivity index (χ1) is 8.99. The summed E-state index contributed by atoms with van der Waals surface area (Å²) in [6, 6.07) is 0. The molecule has 1 rings (SSSR count). The minimum Gasteiger partial charge on any atom is -0.396 e. The molecule has 0 saturated heterocycles. The maximum atomic E-state index is 9.01. The molecule has 0 aliphatic carbocycles. The van der Waals surface area contributed by atoms with Crippen LogP contribution in [0.25, 0.3) is 0 Å². The zero-order valence-electron chi connectivity index (χ0n) is 12.3. The minimum atomic E-state index is 0.177. The summed E-state index contributed by atoms with van der Waals surface area (Å²) in [6.07, 6.45) is 2.48. The van der Waals surface area contributed by atoms with Crippen molar-refractivity contribution in [2.45, 2.75) is 40.7 Å². The van der Waals surface area contributed by atoms with Gasteiger partial charge in [-0.05, 0) is 34.1 Å². The number of aliphatic hydroxyl groups excluding tert-OH is 1. The molecule has 0 aliphatic rings. The molecular formula is C14H24N4O. The fourth-order valence-corrected chi connectivity index (χ4v) is 1.93. The molecule has 0 saturated carbocycles. The highest BCUT2D eigenvalue weighted by atomic mass is 16.2. The van der Waals surface area contributed by atoms with Crippen LogP contribution < -0.4 is 5.73 Å². The van der Waals surface area contributed by atoms with Gasteiger partial charge in [0.15, 0.2) is 0 Å². The maximum Gasteiger partial charge on any atom is 0.132 e. The number of allylic oxidation sites excluding steroid dienone is 1. The van der Waals surface area contributed by atoms with Gasteiger partial charge in [-0.2, -0.15) is 0 Å². The Balaban J connectivity index is 2.90. The summed E-state index contributed by atoms with van der Waals surface area (Å²) in [4.78, 5) is 10.6. The average Bonchev–Trinajstić information content (AvgIpc) is 2.37. The number of nitrogens with zero attached hydrogens (tertiary/aromatic N) is 3. The lowest BCUT2D eigenvalue weighted by molar-refractivity contribution is 0.294. The third kappa shape index (κ3) is 4.21. The van der Waals surface area contributed by atoms with Gasteiger partial charge < -0.3 is 15.7 Å². The van der Waals surface area contributed by atoms with Gasteiger partial charge in [0, 0.05) is 37.2 Å². The smallest absolute Gasteiger partial charge is 0.132 e. The molecule has 3 N–H and O–H groups in total. The molecule has 19 heavy (non-hydrogen) atoms. The lowest BCUT2D eigenvalue weighted by atomic mass is 10.1. The van der Waals surface area contributed by atoms with E-state index in [1.165, 1.54) is 11.3 Å². The first-order valence-corrected chi connectivity index (χ1v) is 6.59. The Morgan fingerprint density at radius 1 is 1.42 bits per heavy atom. The summed E-state index contributed by atoms with van der Waals surface area (Å²) in [5.74, 6) is 1.23. The van der Waals surface area contributed by atoms with E-state index in [-0.39, 0.29) is 6.61 Å². The van der Waals surface area contributed by atoms with Gasteiger partial charge in [-0.3, -0.25) is 0 Å². The molecule has 0 bridgehead atoms. The van der Waals surface area contributed by atoms with Crippen LogP contribution in [0.4, 0.5) is 5.82 Å². The summed E-state index contributed by atoms with van der Waals surface area (Å²) >= 11 is 0. The summed E-state index contributed by atoms with van der Waals surface area (Å²) < 4.78 is 0. The third-order valence-electron chi connectivity index (χ3n) is 3.34. The predicted octanol–water partition coefficient (Wildman–Crippen LogP) is 1.87. The van der Waals surface area contributed by atoms with Crippen LogP contribution in [0.3, 0.4) is 0 Å². The van der Waals surface area contributed by atoms with E-state index in [2.05, 4.69) is 28.7 Å². The number of aromatic nitrogens is 2. The highest BCUT2D eigenvalue weighted by molar-refractivity contribution is 5.37. The third-order valence-corrected chi connectivity index (χ3v) is 3.34. The molecule has 0 unspecified atom stereocenters. The Hall–Kier alpha value is -1.62. The Kier molecular flexibility index (Phi) is 5.76. The van der Waals surface area contributed by atoms with Crippen molar-refractivity contribution in [2.75, 3.05) is 18.9 Å². The number of nitrogens with two attached hydrogens (primary N) is 1. The number of aryl methyl sites for hydroxylation is 1. The molecule has 0 radical (unpaired) electrons. The largest absolute Gasteiger partial charge is 0.396 e. The molecule has 0 aromatic carbocycles. The average molecular weight is 264 g/mol. The molecule has 0 fully saturated rings. The van der Waals surface area contributed by atoms with Crippen molar-refractivity contribution in [3.8, 4) is 0 Å². The van der Waals surface area contributed by atoms with E-state index in [1.54, 1.807) is 6.20 Å². The van der Waals surface area contributed by atoms with Crippen LogP contribution in [0, 0.1) is 6.92 Å². The molecule has 1 heterocycles. The van der Waals surface area contributed by atoms with Crippen molar-refractivity contribution >= 4 is 5.82 Å². The Morgan fingerprint density at radius 2 is 2.11 bits per heavy atom. The fraction of sp³-hybridized carbons (Fsp3) is 0.571. The van der Waals surface area contributed by atoms with Crippen LogP contribution in [0.15, 0.2) is 17.5 Å². The van der Waals surface area contributed by atoms with E-state index in [4.69, 9.17) is 10.8 Å². The Labute approximate surface area is 115 Å². The van der Waals surface area contributed by atoms with E-state index in [1.807, 2.05) is 13.8 Å². The van der Waals surface area contributed by atoms with Crippen molar-refractivity contribution in [3.63, 3.8) is 0 Å². The zero-order chi connectivity index (χ0) is 14.4. The summed E-state index contributed by atoms with van der Waals surface area (Å²) in [5, 5.41) is 9.01. The predicted molar refractivity (Wildman–Crippen MR) is 77.3 cm³/mol. The van der Waals surface area contributed by atoms with Gasteiger partial charge in [0.1, 0.15) is 11.6 Å². The molecule has 0 atom stereocenters. The molecule has 106 valence electrons. The lowest BCUT2D eigenvalue weighted by Gasteiger charge is -2.26. The first-order valence-electron chi connectivity index (χ1n) is 6.59. The van der Waals surface area contributed by atoms with Crippen LogP contribution in [0.2, 0.25) is 0 Å². The van der Waals surface area contributed by atoms with Gasteiger partial charge in [-0.15, -0.1) is 0 Å². The van der Waals surface area contributed by atoms with Crippen molar-refractivity contribution < 1.29 is 5.11 Å². The number of hydrogen-bond acceptors (Lipinski definition) is 5. The topological polar surface area (TPSA) is 75.3 Å². The Morgan fingerprint density at radius 3 is 2.63 bits per heavy atom. The number of rotatable bonds is 6. The van der Waals surface area contributed by atoms with E-state index < -0.39 is 0 Å². The summed E-state index contributed by atoms with van der Waals surface area (Å²) in [5.41, 5.74) is 9.23. The first kappa shape index (κ1) is 15.4. The molecule has 5 nitrogen and oxygen atoms in total. The van der Waals surface area contributed by atoms with Gasteiger partial charge in [-0.25, -0.2) is 9.97 Å². The number of nitrogen functional groups attached to an aromatic ring is 1. The van der Waals surface area contributed by atoms with Crippen LogP contribution in [-0.4, -0.2) is 33.1 Å². The molecule has 0 spiro atoms. The van der Waals surface area contributed by atoms with Crippen molar-refractivity contribution in [2.24, 2.45) is 0 Å². The van der Waals surface area contributed by atoms with Gasteiger partial charge >= 0.3 is 0 Å². The fourth-order valence-electron chi connectivity index (χ4n) is 1.93. The highest BCUT2D eigenvalue weighted by Gasteiger charge is 2.10. The molecule has 5 heteroatoms. The standard InChI is InChI=1S/C14H24N4O/c1-5-18(11(3)10(2)6-7-19)9-13-8-16-12(4)17-14(13)15/h8,19H,5-7,9H2,1-4H3,(H2,15,16,17)/b11-10+. The molecule has 1 aromatic heterocycles. The highest BCUT2D eigenvalue weighted by Crippen LogP contribution is 2.18.